The highest BCUT2D eigenvalue weighted by Crippen LogP contribution is 2.15. The minimum absolute atomic E-state index is 0.558. The molecule has 0 aliphatic carbocycles. The van der Waals surface area contributed by atoms with Gasteiger partial charge in [-0.15, -0.1) is 0 Å². The van der Waals surface area contributed by atoms with E-state index in [1.807, 2.05) is 0 Å². The Morgan fingerprint density at radius 1 is 0.521 bits per heavy atom. The summed E-state index contributed by atoms with van der Waals surface area (Å²) >= 11 is 0. The number of rotatable bonds is 17. The summed E-state index contributed by atoms with van der Waals surface area (Å²) in [6, 6.07) is 43.4. The van der Waals surface area contributed by atoms with Crippen LogP contribution in [0.3, 0.4) is 0 Å². The maximum Gasteiger partial charge on any atom is 0.0259 e. The second-order valence-corrected chi connectivity index (χ2v) is 13.3. The van der Waals surface area contributed by atoms with Crippen LogP contribution in [0.2, 0.25) is 0 Å². The smallest absolute Gasteiger partial charge is 0.0259 e. The average molecular weight is 647 g/mol. The molecule has 6 nitrogen and oxygen atoms in total. The van der Waals surface area contributed by atoms with Crippen molar-refractivity contribution in [1.29, 1.82) is 0 Å². The maximum atomic E-state index is 5.72. The number of nitrogens with two attached hydrogens (primary N) is 1. The Labute approximate surface area is 290 Å². The first-order chi connectivity index (χ1) is 23.7. The summed E-state index contributed by atoms with van der Waals surface area (Å²) in [6.45, 7) is 19.7. The molecule has 0 saturated carbocycles. The van der Waals surface area contributed by atoms with Crippen LogP contribution in [-0.2, 0) is 26.1 Å². The van der Waals surface area contributed by atoms with E-state index in [-0.39, 0.29) is 0 Å². The molecule has 1 atom stereocenters. The number of hydrogen-bond donors (Lipinski definition) is 1. The van der Waals surface area contributed by atoms with Gasteiger partial charge in [0.05, 0.1) is 0 Å². The van der Waals surface area contributed by atoms with E-state index >= 15 is 0 Å². The molecule has 6 heteroatoms. The van der Waals surface area contributed by atoms with Gasteiger partial charge in [-0.3, -0.25) is 24.5 Å². The van der Waals surface area contributed by atoms with Gasteiger partial charge in [0.15, 0.2) is 0 Å². The van der Waals surface area contributed by atoms with Gasteiger partial charge in [0.2, 0.25) is 0 Å². The number of likely N-dealkylation sites (N-methyl/N-ethyl adjacent to an activating group) is 1. The zero-order chi connectivity index (χ0) is 33.2. The van der Waals surface area contributed by atoms with Crippen molar-refractivity contribution in [3.63, 3.8) is 0 Å². The van der Waals surface area contributed by atoms with E-state index in [1.54, 1.807) is 0 Å². The molecule has 0 radical (unpaired) electrons. The van der Waals surface area contributed by atoms with E-state index in [0.717, 1.165) is 45.7 Å². The first-order valence-corrected chi connectivity index (χ1v) is 18.2. The second kappa shape index (κ2) is 20.2. The van der Waals surface area contributed by atoms with Gasteiger partial charge >= 0.3 is 0 Å². The molecule has 4 aromatic rings. The van der Waals surface area contributed by atoms with Crippen LogP contribution in [0.4, 0.5) is 0 Å². The molecule has 3 aliphatic rings. The lowest BCUT2D eigenvalue weighted by atomic mass is 10.1. The van der Waals surface area contributed by atoms with Gasteiger partial charge in [0.25, 0.3) is 0 Å². The van der Waals surface area contributed by atoms with Crippen LogP contribution in [0.1, 0.15) is 29.2 Å². The highest BCUT2D eigenvalue weighted by molar-refractivity contribution is 5.18. The van der Waals surface area contributed by atoms with E-state index in [1.165, 1.54) is 81.2 Å². The van der Waals surface area contributed by atoms with Crippen molar-refractivity contribution in [3.8, 4) is 0 Å². The molecule has 1 unspecified atom stereocenters. The topological polar surface area (TPSA) is 41.5 Å². The fourth-order valence-electron chi connectivity index (χ4n) is 5.91. The monoisotopic (exact) mass is 646 g/mol. The lowest BCUT2D eigenvalue weighted by Crippen LogP contribution is -2.30. The Kier molecular flexibility index (Phi) is 15.1. The van der Waals surface area contributed by atoms with Crippen molar-refractivity contribution < 1.29 is 0 Å². The van der Waals surface area contributed by atoms with E-state index < -0.39 is 0 Å². The number of nitrogens with zero attached hydrogens (tertiary/aromatic N) is 5. The van der Waals surface area contributed by atoms with Crippen LogP contribution < -0.4 is 5.73 Å². The van der Waals surface area contributed by atoms with Gasteiger partial charge in [0.1, 0.15) is 0 Å². The Morgan fingerprint density at radius 2 is 0.896 bits per heavy atom. The predicted octanol–water partition coefficient (Wildman–Crippen LogP) is 5.70. The normalized spacial score (nSPS) is 16.1. The van der Waals surface area contributed by atoms with Gasteiger partial charge in [-0.1, -0.05) is 128 Å². The second-order valence-electron chi connectivity index (χ2n) is 13.3. The summed E-state index contributed by atoms with van der Waals surface area (Å²) in [6.07, 6.45) is 1.09. The number of hydrogen-bond acceptors (Lipinski definition) is 6. The summed E-state index contributed by atoms with van der Waals surface area (Å²) in [4.78, 5) is 12.4. The van der Waals surface area contributed by atoms with Gasteiger partial charge in [-0.2, -0.15) is 0 Å². The van der Waals surface area contributed by atoms with E-state index in [4.69, 9.17) is 5.73 Å². The Balaban J connectivity index is 0.000000145. The summed E-state index contributed by atoms with van der Waals surface area (Å²) in [5.74, 6) is 0. The first kappa shape index (κ1) is 35.9. The van der Waals surface area contributed by atoms with Crippen LogP contribution >= 0.6 is 0 Å². The molecule has 2 N–H and O–H groups in total. The standard InChI is InChI=1S/C18H22N2.C13H20N2.C11H16N2/c1-3-7-17(8-4-1)15-20(14-13-19-11-12-19)16-18-9-5-2-6-10-18;1-2-14(8-9-15-10-11-15)12-13-6-4-3-5-7-13;12-9-11(13-6-7-13)8-10-4-2-1-3-5-10/h1-10H,11-16H2;3-7H,2,8-12H2,1H3;1-5,11H,6-9,12H2. The molecule has 48 heavy (non-hydrogen) atoms. The lowest BCUT2D eigenvalue weighted by Gasteiger charge is -2.23. The molecule has 256 valence electrons. The maximum absolute atomic E-state index is 5.72. The quantitative estimate of drug-likeness (QED) is 0.149. The SMILES string of the molecule is CCN(CCN1CC1)Cc1ccccc1.NCC(Cc1ccccc1)N1CC1.c1ccc(CN(CCN2CC2)Cc2ccccc2)cc1. The van der Waals surface area contributed by atoms with E-state index in [2.05, 4.69) is 153 Å². The third kappa shape index (κ3) is 14.4. The fraction of sp³-hybridized carbons (Fsp3) is 0.429. The van der Waals surface area contributed by atoms with Crippen molar-refractivity contribution in [2.45, 2.75) is 39.0 Å². The Bertz CT molecular complexity index is 1330. The van der Waals surface area contributed by atoms with Gasteiger partial charge in [-0.05, 0) is 35.2 Å². The van der Waals surface area contributed by atoms with E-state index in [0.29, 0.717) is 6.04 Å². The highest BCUT2D eigenvalue weighted by Gasteiger charge is 2.26. The Hall–Kier alpha value is -3.36. The number of benzene rings is 4. The molecule has 4 aromatic carbocycles. The van der Waals surface area contributed by atoms with Gasteiger partial charge in [-0.25, -0.2) is 0 Å². The third-order valence-electron chi connectivity index (χ3n) is 9.32. The molecular weight excluding hydrogens is 589 g/mol. The molecule has 3 saturated heterocycles. The molecule has 0 aromatic heterocycles. The van der Waals surface area contributed by atoms with Gasteiger partial charge < -0.3 is 5.73 Å². The fourth-order valence-corrected chi connectivity index (χ4v) is 5.91. The molecule has 0 amide bonds. The molecule has 7 rings (SSSR count). The summed E-state index contributed by atoms with van der Waals surface area (Å²) in [5, 5.41) is 0. The van der Waals surface area contributed by atoms with Crippen LogP contribution in [0, 0.1) is 0 Å². The summed E-state index contributed by atoms with van der Waals surface area (Å²) in [5.41, 5.74) is 11.3. The van der Waals surface area contributed by atoms with Gasteiger partial charge in [0, 0.05) is 97.7 Å². The first-order valence-electron chi connectivity index (χ1n) is 18.2. The third-order valence-corrected chi connectivity index (χ3v) is 9.32. The van der Waals surface area contributed by atoms with Crippen molar-refractivity contribution in [1.82, 2.24) is 24.5 Å². The zero-order valence-corrected chi connectivity index (χ0v) is 29.3. The van der Waals surface area contributed by atoms with Crippen LogP contribution in [0.25, 0.3) is 0 Å². The van der Waals surface area contributed by atoms with Crippen molar-refractivity contribution >= 4 is 0 Å². The molecule has 3 heterocycles. The summed E-state index contributed by atoms with van der Waals surface area (Å²) in [7, 11) is 0. The molecule has 3 fully saturated rings. The van der Waals surface area contributed by atoms with Crippen molar-refractivity contribution in [2.24, 2.45) is 5.73 Å². The minimum atomic E-state index is 0.558. The van der Waals surface area contributed by atoms with Crippen molar-refractivity contribution in [3.05, 3.63) is 144 Å². The minimum Gasteiger partial charge on any atom is -0.329 e. The molecule has 0 bridgehead atoms. The highest BCUT2D eigenvalue weighted by atomic mass is 15.3. The largest absolute Gasteiger partial charge is 0.329 e. The lowest BCUT2D eigenvalue weighted by molar-refractivity contribution is 0.243. The zero-order valence-electron chi connectivity index (χ0n) is 29.3. The van der Waals surface area contributed by atoms with Crippen LogP contribution in [0.15, 0.2) is 121 Å². The average Bonchev–Trinajstić information content (AvgIpc) is 3.98. The molecule has 0 spiro atoms. The summed E-state index contributed by atoms with van der Waals surface area (Å²) < 4.78 is 0. The Morgan fingerprint density at radius 3 is 1.25 bits per heavy atom. The van der Waals surface area contributed by atoms with E-state index in [9.17, 15) is 0 Å². The predicted molar refractivity (Wildman–Crippen MR) is 202 cm³/mol. The molecular formula is C42H58N6. The van der Waals surface area contributed by atoms with Crippen LogP contribution in [0.5, 0.6) is 0 Å². The van der Waals surface area contributed by atoms with Crippen molar-refractivity contribution in [2.75, 3.05) is 78.5 Å². The molecule has 3 aliphatic heterocycles. The van der Waals surface area contributed by atoms with Crippen LogP contribution in [-0.4, -0.2) is 109 Å².